The molecule has 1 aromatic heterocycles. The highest BCUT2D eigenvalue weighted by atomic mass is 16.5. The van der Waals surface area contributed by atoms with Gasteiger partial charge in [0.2, 0.25) is 11.8 Å². The monoisotopic (exact) mass is 398 g/mol. The first-order chi connectivity index (χ1) is 14.1. The van der Waals surface area contributed by atoms with Crippen molar-refractivity contribution >= 4 is 11.8 Å². The smallest absolute Gasteiger partial charge is 0.223 e. The van der Waals surface area contributed by atoms with Crippen LogP contribution in [0, 0.1) is 17.3 Å². The minimum atomic E-state index is -0.0974. The van der Waals surface area contributed by atoms with Crippen molar-refractivity contribution in [2.45, 2.75) is 62.9 Å². The fraction of sp³-hybridized carbons (Fsp3) is 0.773. The molecule has 156 valence electrons. The number of carbonyl (C=O) groups is 2. The number of amides is 2. The Hall–Kier alpha value is -1.89. The number of rotatable bonds is 4. The van der Waals surface area contributed by atoms with Gasteiger partial charge in [-0.3, -0.25) is 9.59 Å². The maximum absolute atomic E-state index is 12.7. The lowest BCUT2D eigenvalue weighted by molar-refractivity contribution is -0.144. The number of carbonyl (C=O) groups excluding carboxylic acids is 2. The third kappa shape index (κ3) is 2.92. The molecule has 2 saturated carbocycles. The van der Waals surface area contributed by atoms with Crippen LogP contribution < -0.4 is 5.32 Å². The summed E-state index contributed by atoms with van der Waals surface area (Å²) in [7, 11) is 0. The zero-order chi connectivity index (χ0) is 19.6. The molecule has 7 heteroatoms. The van der Waals surface area contributed by atoms with E-state index in [2.05, 4.69) is 14.9 Å². The zero-order valence-corrected chi connectivity index (χ0v) is 16.9. The second-order valence-electron chi connectivity index (χ2n) is 10.3. The summed E-state index contributed by atoms with van der Waals surface area (Å²) in [6.45, 7) is 2.99. The zero-order valence-electron chi connectivity index (χ0n) is 16.9. The molecule has 3 aliphatic heterocycles. The predicted molar refractivity (Wildman–Crippen MR) is 105 cm³/mol. The maximum atomic E-state index is 12.7. The summed E-state index contributed by atoms with van der Waals surface area (Å²) < 4.78 is 7.74. The minimum Gasteiger partial charge on any atom is -0.381 e. The molecule has 4 fully saturated rings. The van der Waals surface area contributed by atoms with Crippen LogP contribution in [0.5, 0.6) is 0 Å². The summed E-state index contributed by atoms with van der Waals surface area (Å²) in [6, 6.07) is -0.0303. The molecule has 2 aliphatic carbocycles. The van der Waals surface area contributed by atoms with Gasteiger partial charge in [-0.1, -0.05) is 0 Å². The van der Waals surface area contributed by atoms with Crippen LogP contribution in [0.15, 0.2) is 12.4 Å². The summed E-state index contributed by atoms with van der Waals surface area (Å²) in [4.78, 5) is 32.0. The number of hydrogen-bond acceptors (Lipinski definition) is 4. The molecular formula is C22H30N4O3. The second-order valence-corrected chi connectivity index (χ2v) is 10.3. The molecule has 1 N–H and O–H groups in total. The van der Waals surface area contributed by atoms with Crippen LogP contribution in [0.4, 0.5) is 0 Å². The van der Waals surface area contributed by atoms with E-state index in [0.29, 0.717) is 24.4 Å². The highest BCUT2D eigenvalue weighted by Gasteiger charge is 2.57. The van der Waals surface area contributed by atoms with E-state index in [9.17, 15) is 9.59 Å². The molecular weight excluding hydrogens is 368 g/mol. The topological polar surface area (TPSA) is 76.5 Å². The lowest BCUT2D eigenvalue weighted by atomic mass is 9.71. The number of nitrogens with zero attached hydrogens (tertiary/aromatic N) is 3. The van der Waals surface area contributed by atoms with Gasteiger partial charge < -0.3 is 19.5 Å². The average Bonchev–Trinajstić information content (AvgIpc) is 3.21. The average molecular weight is 399 g/mol. The Balaban J connectivity index is 1.08. The largest absolute Gasteiger partial charge is 0.381 e. The van der Waals surface area contributed by atoms with Gasteiger partial charge in [-0.2, -0.15) is 0 Å². The number of hydrogen-bond donors (Lipinski definition) is 1. The molecule has 29 heavy (non-hydrogen) atoms. The van der Waals surface area contributed by atoms with Crippen LogP contribution in [0.2, 0.25) is 0 Å². The fourth-order valence-electron chi connectivity index (χ4n) is 6.17. The van der Waals surface area contributed by atoms with Crippen LogP contribution in [0.25, 0.3) is 0 Å². The molecule has 0 bridgehead atoms. The number of aromatic nitrogens is 2. The number of imidazole rings is 1. The number of likely N-dealkylation sites (tertiary alicyclic amines) is 1. The summed E-state index contributed by atoms with van der Waals surface area (Å²) in [5, 5.41) is 3.28. The van der Waals surface area contributed by atoms with E-state index in [4.69, 9.17) is 4.74 Å². The van der Waals surface area contributed by atoms with Gasteiger partial charge in [0, 0.05) is 57.5 Å². The first kappa shape index (κ1) is 17.9. The first-order valence-corrected chi connectivity index (χ1v) is 11.3. The molecule has 7 nitrogen and oxygen atoms in total. The summed E-state index contributed by atoms with van der Waals surface area (Å²) in [5.74, 6) is 1.94. The maximum Gasteiger partial charge on any atom is 0.223 e. The van der Waals surface area contributed by atoms with Gasteiger partial charge in [-0.15, -0.1) is 0 Å². The molecule has 1 aromatic rings. The summed E-state index contributed by atoms with van der Waals surface area (Å²) in [6.07, 6.45) is 12.2. The Morgan fingerprint density at radius 1 is 1.24 bits per heavy atom. The van der Waals surface area contributed by atoms with Gasteiger partial charge in [-0.05, 0) is 49.9 Å². The van der Waals surface area contributed by atoms with E-state index in [1.807, 2.05) is 17.3 Å². The second kappa shape index (κ2) is 6.30. The molecule has 0 aromatic carbocycles. The van der Waals surface area contributed by atoms with Crippen LogP contribution in [0.3, 0.4) is 0 Å². The van der Waals surface area contributed by atoms with Crippen molar-refractivity contribution < 1.29 is 14.3 Å². The van der Waals surface area contributed by atoms with Crippen LogP contribution in [-0.2, 0) is 19.9 Å². The van der Waals surface area contributed by atoms with Crippen LogP contribution in [-0.4, -0.2) is 52.6 Å². The van der Waals surface area contributed by atoms with E-state index in [1.54, 1.807) is 0 Å². The molecule has 2 unspecified atom stereocenters. The molecule has 0 radical (unpaired) electrons. The summed E-state index contributed by atoms with van der Waals surface area (Å²) >= 11 is 0. The standard InChI is InChI=1S/C22H30N4O3/c27-18(8-15-2-1-7-29-12-15)25-13-22(14-25)11-17(19-23-5-6-26(19)22)24-20(28)16-9-21(10-16)3-4-21/h5-6,15-17H,1-4,7-14H2,(H,24,28). The van der Waals surface area contributed by atoms with Gasteiger partial charge >= 0.3 is 0 Å². The Morgan fingerprint density at radius 2 is 2.07 bits per heavy atom. The quantitative estimate of drug-likeness (QED) is 0.842. The van der Waals surface area contributed by atoms with Crippen LogP contribution in [0.1, 0.15) is 63.2 Å². The third-order valence-corrected chi connectivity index (χ3v) is 8.12. The van der Waals surface area contributed by atoms with Crippen molar-refractivity contribution in [3.63, 3.8) is 0 Å². The molecule has 2 atom stereocenters. The summed E-state index contributed by atoms with van der Waals surface area (Å²) in [5.41, 5.74) is 0.440. The van der Waals surface area contributed by atoms with E-state index in [-0.39, 0.29) is 29.3 Å². The Labute approximate surface area is 171 Å². The van der Waals surface area contributed by atoms with Crippen molar-refractivity contribution in [1.29, 1.82) is 0 Å². The fourth-order valence-corrected chi connectivity index (χ4v) is 6.17. The molecule has 6 rings (SSSR count). The Kier molecular flexibility index (Phi) is 3.90. The van der Waals surface area contributed by atoms with Crippen molar-refractivity contribution in [3.05, 3.63) is 18.2 Å². The van der Waals surface area contributed by atoms with Gasteiger partial charge in [0.25, 0.3) is 0 Å². The molecule has 4 heterocycles. The highest BCUT2D eigenvalue weighted by molar-refractivity contribution is 5.80. The lowest BCUT2D eigenvalue weighted by Gasteiger charge is -2.49. The predicted octanol–water partition coefficient (Wildman–Crippen LogP) is 1.99. The van der Waals surface area contributed by atoms with Crippen LogP contribution >= 0.6 is 0 Å². The molecule has 5 aliphatic rings. The van der Waals surface area contributed by atoms with E-state index in [0.717, 1.165) is 57.6 Å². The lowest BCUT2D eigenvalue weighted by Crippen LogP contribution is -2.63. The molecule has 2 saturated heterocycles. The van der Waals surface area contributed by atoms with E-state index < -0.39 is 0 Å². The molecule has 2 spiro atoms. The van der Waals surface area contributed by atoms with Gasteiger partial charge in [0.15, 0.2) is 0 Å². The number of ether oxygens (including phenoxy) is 1. The van der Waals surface area contributed by atoms with Gasteiger partial charge in [-0.25, -0.2) is 4.98 Å². The van der Waals surface area contributed by atoms with Crippen molar-refractivity contribution in [2.75, 3.05) is 26.3 Å². The van der Waals surface area contributed by atoms with Gasteiger partial charge in [0.05, 0.1) is 11.6 Å². The van der Waals surface area contributed by atoms with E-state index in [1.165, 1.54) is 12.8 Å². The minimum absolute atomic E-state index is 0.0303. The highest BCUT2D eigenvalue weighted by Crippen LogP contribution is 2.63. The van der Waals surface area contributed by atoms with Crippen molar-refractivity contribution in [1.82, 2.24) is 19.8 Å². The number of nitrogens with one attached hydrogen (secondary N) is 1. The van der Waals surface area contributed by atoms with Gasteiger partial charge in [0.1, 0.15) is 5.82 Å². The SMILES string of the molecule is O=C(NC1CC2(CN(C(=O)CC3CCCOC3)C2)n2ccnc21)C1CC2(CC2)C1. The number of fused-ring (bicyclic) bond motifs is 2. The Bertz CT molecular complexity index is 825. The third-order valence-electron chi connectivity index (χ3n) is 8.12. The first-order valence-electron chi connectivity index (χ1n) is 11.3. The molecule has 2 amide bonds. The van der Waals surface area contributed by atoms with E-state index >= 15 is 0 Å². The van der Waals surface area contributed by atoms with Crippen molar-refractivity contribution in [3.8, 4) is 0 Å². The van der Waals surface area contributed by atoms with Crippen molar-refractivity contribution in [2.24, 2.45) is 17.3 Å². The Morgan fingerprint density at radius 3 is 2.79 bits per heavy atom. The normalized spacial score (nSPS) is 31.2.